The van der Waals surface area contributed by atoms with E-state index in [4.69, 9.17) is 11.6 Å². The molecule has 114 valence electrons. The zero-order valence-electron chi connectivity index (χ0n) is 11.9. The first-order chi connectivity index (χ1) is 9.91. The molecule has 0 bridgehead atoms. The van der Waals surface area contributed by atoms with E-state index in [0.717, 1.165) is 12.8 Å². The minimum atomic E-state index is -1.16. The molecule has 1 aliphatic rings. The fraction of sp³-hybridized carbons (Fsp3) is 0.467. The van der Waals surface area contributed by atoms with Crippen molar-refractivity contribution in [3.8, 4) is 0 Å². The number of carbonyl (C=O) groups excluding carboxylic acids is 1. The lowest BCUT2D eigenvalue weighted by atomic mass is 9.77. The minimum Gasteiger partial charge on any atom is -0.480 e. The second-order valence-corrected chi connectivity index (χ2v) is 6.09. The van der Waals surface area contributed by atoms with Gasteiger partial charge in [-0.15, -0.1) is 0 Å². The molecule has 0 spiro atoms. The van der Waals surface area contributed by atoms with Crippen molar-refractivity contribution in [1.82, 2.24) is 5.32 Å². The molecule has 21 heavy (non-hydrogen) atoms. The third-order valence-corrected chi connectivity index (χ3v) is 4.24. The summed E-state index contributed by atoms with van der Waals surface area (Å²) in [6.07, 6.45) is 2.51. The number of benzene rings is 1. The molecule has 6 heteroatoms. The standard InChI is InChI=1S/C15H19ClN2O3/c1-10-6-8-15(9-7-10,13(19)20)18-14(21)17-12-4-2-11(16)3-5-12/h2-5,10H,6-9H2,1H3,(H,19,20)(H2,17,18,21). The quantitative estimate of drug-likeness (QED) is 0.799. The Hall–Kier alpha value is -1.75. The van der Waals surface area contributed by atoms with Crippen molar-refractivity contribution in [2.24, 2.45) is 5.92 Å². The van der Waals surface area contributed by atoms with Crippen molar-refractivity contribution in [3.05, 3.63) is 29.3 Å². The Morgan fingerprint density at radius 3 is 2.33 bits per heavy atom. The van der Waals surface area contributed by atoms with Crippen LogP contribution in [0.2, 0.25) is 5.02 Å². The molecule has 1 aromatic carbocycles. The summed E-state index contributed by atoms with van der Waals surface area (Å²) in [7, 11) is 0. The van der Waals surface area contributed by atoms with Crippen molar-refractivity contribution in [2.75, 3.05) is 5.32 Å². The lowest BCUT2D eigenvalue weighted by Gasteiger charge is -2.36. The van der Waals surface area contributed by atoms with Crippen molar-refractivity contribution in [2.45, 2.75) is 38.1 Å². The predicted octanol–water partition coefficient (Wildman–Crippen LogP) is 3.50. The normalized spacial score (nSPS) is 25.1. The number of rotatable bonds is 3. The Balaban J connectivity index is 2.02. The van der Waals surface area contributed by atoms with Gasteiger partial charge < -0.3 is 15.7 Å². The molecule has 1 aromatic rings. The second kappa shape index (κ2) is 6.35. The van der Waals surface area contributed by atoms with Crippen LogP contribution in [0.1, 0.15) is 32.6 Å². The number of carbonyl (C=O) groups is 2. The molecule has 3 N–H and O–H groups in total. The van der Waals surface area contributed by atoms with Crippen LogP contribution >= 0.6 is 11.6 Å². The van der Waals surface area contributed by atoms with Crippen molar-refractivity contribution >= 4 is 29.3 Å². The van der Waals surface area contributed by atoms with E-state index in [0.29, 0.717) is 29.5 Å². The van der Waals surface area contributed by atoms with Gasteiger partial charge in [-0.3, -0.25) is 0 Å². The fourth-order valence-corrected chi connectivity index (χ4v) is 2.69. The summed E-state index contributed by atoms with van der Waals surface area (Å²) in [5.74, 6) is -0.473. The molecule has 0 unspecified atom stereocenters. The lowest BCUT2D eigenvalue weighted by Crippen LogP contribution is -2.57. The maximum atomic E-state index is 12.0. The zero-order valence-corrected chi connectivity index (χ0v) is 12.6. The number of carboxylic acid groups (broad SMARTS) is 1. The molecule has 2 amide bonds. The topological polar surface area (TPSA) is 78.4 Å². The Morgan fingerprint density at radius 1 is 1.24 bits per heavy atom. The van der Waals surface area contributed by atoms with Gasteiger partial charge >= 0.3 is 12.0 Å². The number of urea groups is 1. The monoisotopic (exact) mass is 310 g/mol. The van der Waals surface area contributed by atoms with E-state index >= 15 is 0 Å². The van der Waals surface area contributed by atoms with Crippen LogP contribution in [-0.2, 0) is 4.79 Å². The number of nitrogens with one attached hydrogen (secondary N) is 2. The van der Waals surface area contributed by atoms with Gasteiger partial charge in [0.1, 0.15) is 5.54 Å². The van der Waals surface area contributed by atoms with E-state index in [1.165, 1.54) is 0 Å². The fourth-order valence-electron chi connectivity index (χ4n) is 2.56. The second-order valence-electron chi connectivity index (χ2n) is 5.66. The van der Waals surface area contributed by atoms with Gasteiger partial charge in [-0.1, -0.05) is 18.5 Å². The largest absolute Gasteiger partial charge is 0.480 e. The molecule has 1 fully saturated rings. The molecule has 0 saturated heterocycles. The van der Waals surface area contributed by atoms with Crippen LogP contribution in [0.5, 0.6) is 0 Å². The molecule has 0 aromatic heterocycles. The maximum Gasteiger partial charge on any atom is 0.329 e. The van der Waals surface area contributed by atoms with Crippen LogP contribution in [0.3, 0.4) is 0 Å². The number of hydrogen-bond donors (Lipinski definition) is 3. The average Bonchev–Trinajstić information content (AvgIpc) is 2.44. The smallest absolute Gasteiger partial charge is 0.329 e. The molecule has 1 aliphatic carbocycles. The van der Waals surface area contributed by atoms with Crippen LogP contribution in [0.15, 0.2) is 24.3 Å². The molecular formula is C15H19ClN2O3. The van der Waals surface area contributed by atoms with Gasteiger partial charge in [0.25, 0.3) is 0 Å². The molecule has 0 heterocycles. The van der Waals surface area contributed by atoms with Crippen molar-refractivity contribution in [3.63, 3.8) is 0 Å². The SMILES string of the molecule is CC1CCC(NC(=O)Nc2ccc(Cl)cc2)(C(=O)O)CC1. The molecule has 1 saturated carbocycles. The first-order valence-electron chi connectivity index (χ1n) is 6.99. The van der Waals surface area contributed by atoms with E-state index in [1.807, 2.05) is 0 Å². The molecule has 2 rings (SSSR count). The average molecular weight is 311 g/mol. The third kappa shape index (κ3) is 3.88. The molecular weight excluding hydrogens is 292 g/mol. The number of carboxylic acids is 1. The summed E-state index contributed by atoms with van der Waals surface area (Å²) in [6.45, 7) is 2.10. The predicted molar refractivity (Wildman–Crippen MR) is 81.6 cm³/mol. The van der Waals surface area contributed by atoms with Gasteiger partial charge in [-0.2, -0.15) is 0 Å². The van der Waals surface area contributed by atoms with Crippen LogP contribution in [0, 0.1) is 5.92 Å². The van der Waals surface area contributed by atoms with Gasteiger partial charge in [0, 0.05) is 10.7 Å². The van der Waals surface area contributed by atoms with E-state index < -0.39 is 17.5 Å². The molecule has 0 aliphatic heterocycles. The summed E-state index contributed by atoms with van der Waals surface area (Å²) in [5, 5.41) is 15.3. The Bertz CT molecular complexity index is 522. The highest BCUT2D eigenvalue weighted by Crippen LogP contribution is 2.32. The van der Waals surface area contributed by atoms with Gasteiger partial charge in [-0.05, 0) is 55.9 Å². The first kappa shape index (κ1) is 15.6. The van der Waals surface area contributed by atoms with Crippen LogP contribution in [-0.4, -0.2) is 22.6 Å². The van der Waals surface area contributed by atoms with Crippen LogP contribution < -0.4 is 10.6 Å². The summed E-state index contributed by atoms with van der Waals surface area (Å²) < 4.78 is 0. The Labute approximate surface area is 128 Å². The van der Waals surface area contributed by atoms with Gasteiger partial charge in [-0.25, -0.2) is 9.59 Å². The third-order valence-electron chi connectivity index (χ3n) is 3.99. The number of hydrogen-bond acceptors (Lipinski definition) is 2. The lowest BCUT2D eigenvalue weighted by molar-refractivity contribution is -0.146. The van der Waals surface area contributed by atoms with Crippen molar-refractivity contribution < 1.29 is 14.7 Å². The van der Waals surface area contributed by atoms with Gasteiger partial charge in [0.15, 0.2) is 0 Å². The highest BCUT2D eigenvalue weighted by atomic mass is 35.5. The zero-order chi connectivity index (χ0) is 15.5. The highest BCUT2D eigenvalue weighted by Gasteiger charge is 2.42. The van der Waals surface area contributed by atoms with E-state index in [9.17, 15) is 14.7 Å². The number of halogens is 1. The maximum absolute atomic E-state index is 12.0. The first-order valence-corrected chi connectivity index (χ1v) is 7.37. The molecule has 0 atom stereocenters. The van der Waals surface area contributed by atoms with E-state index in [2.05, 4.69) is 17.6 Å². The Morgan fingerprint density at radius 2 is 1.81 bits per heavy atom. The number of amides is 2. The summed E-state index contributed by atoms with van der Waals surface area (Å²) in [4.78, 5) is 23.6. The summed E-state index contributed by atoms with van der Waals surface area (Å²) in [6, 6.07) is 6.14. The van der Waals surface area contributed by atoms with E-state index in [-0.39, 0.29) is 0 Å². The summed E-state index contributed by atoms with van der Waals surface area (Å²) in [5.41, 5.74) is -0.593. The van der Waals surface area contributed by atoms with Gasteiger partial charge in [0.05, 0.1) is 0 Å². The van der Waals surface area contributed by atoms with Gasteiger partial charge in [0.2, 0.25) is 0 Å². The van der Waals surface area contributed by atoms with Crippen molar-refractivity contribution in [1.29, 1.82) is 0 Å². The number of anilines is 1. The molecule has 5 nitrogen and oxygen atoms in total. The van der Waals surface area contributed by atoms with Crippen LogP contribution in [0.25, 0.3) is 0 Å². The van der Waals surface area contributed by atoms with E-state index in [1.54, 1.807) is 24.3 Å². The number of aliphatic carboxylic acids is 1. The summed E-state index contributed by atoms with van der Waals surface area (Å²) >= 11 is 5.78. The minimum absolute atomic E-state index is 0.456. The Kier molecular flexibility index (Phi) is 4.73. The highest BCUT2D eigenvalue weighted by molar-refractivity contribution is 6.30. The molecule has 0 radical (unpaired) electrons. The van der Waals surface area contributed by atoms with Crippen LogP contribution in [0.4, 0.5) is 10.5 Å².